The van der Waals surface area contributed by atoms with Crippen molar-refractivity contribution in [3.05, 3.63) is 22.5 Å². The lowest BCUT2D eigenvalue weighted by Crippen LogP contribution is -2.12. The molecule has 0 unspecified atom stereocenters. The smallest absolute Gasteiger partial charge is 0.173 e. The molecule has 1 saturated carbocycles. The summed E-state index contributed by atoms with van der Waals surface area (Å²) in [6.07, 6.45) is 2.06. The van der Waals surface area contributed by atoms with Crippen molar-refractivity contribution in [2.45, 2.75) is 19.8 Å². The number of carbonyl (C=O) groups excluding carboxylic acids is 1. The first-order valence-corrected chi connectivity index (χ1v) is 8.35. The predicted molar refractivity (Wildman–Crippen MR) is 83.0 cm³/mol. The average Bonchev–Trinajstić information content (AvgIpc) is 3.04. The Morgan fingerprint density at radius 1 is 1.50 bits per heavy atom. The van der Waals surface area contributed by atoms with E-state index in [4.69, 9.17) is 4.74 Å². The SMILES string of the molecule is Cc1nc2c(cc(OCC(=O)C3CC3)c3ccsc32)s1. The van der Waals surface area contributed by atoms with Crippen LogP contribution in [0.25, 0.3) is 20.3 Å². The van der Waals surface area contributed by atoms with E-state index in [-0.39, 0.29) is 18.3 Å². The molecule has 1 aliphatic carbocycles. The molecule has 3 aromatic rings. The molecule has 0 aliphatic heterocycles. The molecule has 102 valence electrons. The van der Waals surface area contributed by atoms with E-state index in [0.717, 1.165) is 43.9 Å². The summed E-state index contributed by atoms with van der Waals surface area (Å²) in [5.41, 5.74) is 1.05. The molecule has 0 N–H and O–H groups in total. The van der Waals surface area contributed by atoms with Gasteiger partial charge in [-0.15, -0.1) is 22.7 Å². The highest BCUT2D eigenvalue weighted by molar-refractivity contribution is 7.21. The molecule has 0 radical (unpaired) electrons. The second-order valence-electron chi connectivity index (χ2n) is 5.15. The molecule has 5 heteroatoms. The Morgan fingerprint density at radius 2 is 2.35 bits per heavy atom. The van der Waals surface area contributed by atoms with E-state index in [2.05, 4.69) is 4.98 Å². The first kappa shape index (κ1) is 12.3. The number of Topliss-reactive ketones (excluding diaryl/α,β-unsaturated/α-hetero) is 1. The Morgan fingerprint density at radius 3 is 3.15 bits per heavy atom. The maximum absolute atomic E-state index is 11.8. The van der Waals surface area contributed by atoms with Gasteiger partial charge in [-0.1, -0.05) is 0 Å². The number of carbonyl (C=O) groups is 1. The molecule has 2 aromatic heterocycles. The summed E-state index contributed by atoms with van der Waals surface area (Å²) >= 11 is 3.34. The molecule has 1 aliphatic rings. The van der Waals surface area contributed by atoms with Crippen molar-refractivity contribution in [3.63, 3.8) is 0 Å². The van der Waals surface area contributed by atoms with Crippen LogP contribution < -0.4 is 4.74 Å². The molecular weight excluding hydrogens is 290 g/mol. The largest absolute Gasteiger partial charge is 0.485 e. The van der Waals surface area contributed by atoms with Gasteiger partial charge in [0.05, 0.1) is 19.9 Å². The van der Waals surface area contributed by atoms with Gasteiger partial charge in [0, 0.05) is 17.4 Å². The fourth-order valence-corrected chi connectivity index (χ4v) is 4.21. The number of benzene rings is 1. The van der Waals surface area contributed by atoms with Crippen LogP contribution in [0.4, 0.5) is 0 Å². The van der Waals surface area contributed by atoms with Gasteiger partial charge < -0.3 is 4.74 Å². The number of fused-ring (bicyclic) bond motifs is 3. The minimum atomic E-state index is 0.193. The molecule has 1 aromatic carbocycles. The topological polar surface area (TPSA) is 39.2 Å². The van der Waals surface area contributed by atoms with E-state index >= 15 is 0 Å². The fraction of sp³-hybridized carbons (Fsp3) is 0.333. The number of hydrogen-bond donors (Lipinski definition) is 0. The molecular formula is C15H13NO2S2. The Hall–Kier alpha value is -1.46. The fourth-order valence-electron chi connectivity index (χ4n) is 2.38. The number of aryl methyl sites for hydroxylation is 1. The van der Waals surface area contributed by atoms with E-state index < -0.39 is 0 Å². The lowest BCUT2D eigenvalue weighted by molar-refractivity contribution is -0.122. The normalized spacial score (nSPS) is 15.1. The first-order valence-electron chi connectivity index (χ1n) is 6.65. The molecule has 0 bridgehead atoms. The van der Waals surface area contributed by atoms with Gasteiger partial charge in [0.15, 0.2) is 5.78 Å². The molecule has 20 heavy (non-hydrogen) atoms. The third-order valence-corrected chi connectivity index (χ3v) is 5.41. The monoisotopic (exact) mass is 303 g/mol. The molecule has 3 nitrogen and oxygen atoms in total. The maximum Gasteiger partial charge on any atom is 0.173 e. The molecule has 0 spiro atoms. The van der Waals surface area contributed by atoms with Gasteiger partial charge in [0.1, 0.15) is 12.4 Å². The molecule has 0 saturated heterocycles. The third kappa shape index (κ3) is 2.01. The van der Waals surface area contributed by atoms with Crippen LogP contribution in [0.2, 0.25) is 0 Å². The van der Waals surface area contributed by atoms with E-state index in [1.165, 1.54) is 0 Å². The van der Waals surface area contributed by atoms with Crippen molar-refractivity contribution in [1.29, 1.82) is 0 Å². The maximum atomic E-state index is 11.8. The van der Waals surface area contributed by atoms with Crippen molar-refractivity contribution in [3.8, 4) is 5.75 Å². The number of ketones is 1. The van der Waals surface area contributed by atoms with Crippen LogP contribution in [0.3, 0.4) is 0 Å². The summed E-state index contributed by atoms with van der Waals surface area (Å²) in [5.74, 6) is 1.29. The van der Waals surface area contributed by atoms with Crippen LogP contribution in [0.5, 0.6) is 5.75 Å². The number of thiophene rings is 1. The van der Waals surface area contributed by atoms with Crippen LogP contribution in [0.15, 0.2) is 17.5 Å². The average molecular weight is 303 g/mol. The van der Waals surface area contributed by atoms with Gasteiger partial charge in [0.25, 0.3) is 0 Å². The van der Waals surface area contributed by atoms with E-state index in [9.17, 15) is 4.79 Å². The zero-order valence-corrected chi connectivity index (χ0v) is 12.6. The summed E-state index contributed by atoms with van der Waals surface area (Å²) in [6.45, 7) is 2.21. The molecule has 0 amide bonds. The van der Waals surface area contributed by atoms with Gasteiger partial charge in [-0.3, -0.25) is 4.79 Å². The van der Waals surface area contributed by atoms with Crippen LogP contribution >= 0.6 is 22.7 Å². The highest BCUT2D eigenvalue weighted by Crippen LogP contribution is 2.39. The summed E-state index contributed by atoms with van der Waals surface area (Å²) in [7, 11) is 0. The molecule has 1 fully saturated rings. The van der Waals surface area contributed by atoms with Crippen molar-refractivity contribution < 1.29 is 9.53 Å². The zero-order valence-electron chi connectivity index (χ0n) is 11.0. The van der Waals surface area contributed by atoms with Crippen molar-refractivity contribution >= 4 is 48.8 Å². The summed E-state index contributed by atoms with van der Waals surface area (Å²) in [5, 5.41) is 4.17. The van der Waals surface area contributed by atoms with Gasteiger partial charge in [-0.25, -0.2) is 4.98 Å². The quantitative estimate of drug-likeness (QED) is 0.726. The Labute approximate surface area is 124 Å². The Bertz CT molecular complexity index is 814. The number of hydrogen-bond acceptors (Lipinski definition) is 5. The first-order chi connectivity index (χ1) is 9.72. The van der Waals surface area contributed by atoms with E-state index in [1.807, 2.05) is 24.4 Å². The predicted octanol–water partition coefficient (Wildman–Crippen LogP) is 4.18. The van der Waals surface area contributed by atoms with E-state index in [1.54, 1.807) is 22.7 Å². The molecule has 0 atom stereocenters. The van der Waals surface area contributed by atoms with Crippen molar-refractivity contribution in [2.24, 2.45) is 5.92 Å². The molecule has 4 rings (SSSR count). The number of rotatable bonds is 4. The summed E-state index contributed by atoms with van der Waals surface area (Å²) in [4.78, 5) is 16.4. The minimum absolute atomic E-state index is 0.193. The van der Waals surface area contributed by atoms with Crippen molar-refractivity contribution in [2.75, 3.05) is 6.61 Å². The van der Waals surface area contributed by atoms with Crippen LogP contribution in [-0.2, 0) is 4.79 Å². The highest BCUT2D eigenvalue weighted by Gasteiger charge is 2.29. The van der Waals surface area contributed by atoms with Crippen LogP contribution in [0.1, 0.15) is 17.8 Å². The minimum Gasteiger partial charge on any atom is -0.485 e. The second-order valence-corrected chi connectivity index (χ2v) is 7.30. The lowest BCUT2D eigenvalue weighted by atomic mass is 10.2. The third-order valence-electron chi connectivity index (χ3n) is 3.57. The number of ether oxygens (including phenoxy) is 1. The summed E-state index contributed by atoms with van der Waals surface area (Å²) < 4.78 is 8.08. The number of thiazole rings is 1. The summed E-state index contributed by atoms with van der Waals surface area (Å²) in [6, 6.07) is 4.07. The molecule has 2 heterocycles. The van der Waals surface area contributed by atoms with Crippen molar-refractivity contribution in [1.82, 2.24) is 4.98 Å². The van der Waals surface area contributed by atoms with Crippen LogP contribution in [0, 0.1) is 12.8 Å². The van der Waals surface area contributed by atoms with E-state index in [0.29, 0.717) is 0 Å². The number of nitrogens with zero attached hydrogens (tertiary/aromatic N) is 1. The zero-order chi connectivity index (χ0) is 13.7. The van der Waals surface area contributed by atoms with Gasteiger partial charge in [-0.2, -0.15) is 0 Å². The Balaban J connectivity index is 1.75. The van der Waals surface area contributed by atoms with Crippen LogP contribution in [-0.4, -0.2) is 17.4 Å². The number of aromatic nitrogens is 1. The Kier molecular flexibility index (Phi) is 2.79. The van der Waals surface area contributed by atoms with Gasteiger partial charge in [0.2, 0.25) is 0 Å². The van der Waals surface area contributed by atoms with Gasteiger partial charge in [-0.05, 0) is 31.2 Å². The lowest BCUT2D eigenvalue weighted by Gasteiger charge is -2.07. The standard InChI is InChI=1S/C15H13NO2S2/c1-8-16-14-13(20-8)6-12(10-4-5-19-15(10)14)18-7-11(17)9-2-3-9/h4-6,9H,2-3,7H2,1H3. The second kappa shape index (κ2) is 4.53. The highest BCUT2D eigenvalue weighted by atomic mass is 32.1. The van der Waals surface area contributed by atoms with Gasteiger partial charge >= 0.3 is 0 Å².